The Balaban J connectivity index is 1.72. The molecule has 0 aromatic carbocycles. The van der Waals surface area contributed by atoms with Crippen LogP contribution in [0.25, 0.3) is 0 Å². The largest absolute Gasteiger partial charge is 0.360 e. The quantitative estimate of drug-likeness (QED) is 0.791. The summed E-state index contributed by atoms with van der Waals surface area (Å²) in [5.41, 5.74) is 1.56. The molecule has 2 aromatic rings. The van der Waals surface area contributed by atoms with E-state index in [2.05, 4.69) is 12.1 Å². The number of nitrogens with zero attached hydrogens (tertiary/aromatic N) is 3. The molecule has 0 saturated carbocycles. The molecule has 0 spiro atoms. The van der Waals surface area contributed by atoms with Crippen LogP contribution in [0.1, 0.15) is 38.5 Å². The highest BCUT2D eigenvalue weighted by Gasteiger charge is 2.34. The Labute approximate surface area is 157 Å². The number of amides is 1. The van der Waals surface area contributed by atoms with Gasteiger partial charge in [0.15, 0.2) is 5.76 Å². The molecule has 9 heteroatoms. The zero-order chi connectivity index (χ0) is 19.1. The van der Waals surface area contributed by atoms with Crippen molar-refractivity contribution in [3.05, 3.63) is 32.8 Å². The Bertz CT molecular complexity index is 902. The molecule has 142 valence electrons. The second kappa shape index (κ2) is 7.13. The molecule has 2 aromatic heterocycles. The fourth-order valence-electron chi connectivity index (χ4n) is 3.24. The Morgan fingerprint density at radius 2 is 1.88 bits per heavy atom. The summed E-state index contributed by atoms with van der Waals surface area (Å²) >= 11 is 1.51. The maximum Gasteiger partial charge on any atom is 0.264 e. The summed E-state index contributed by atoms with van der Waals surface area (Å²) in [5.74, 6) is 0.273. The summed E-state index contributed by atoms with van der Waals surface area (Å²) < 4.78 is 32.1. The van der Waals surface area contributed by atoms with Gasteiger partial charge in [-0.3, -0.25) is 4.79 Å². The highest BCUT2D eigenvalue weighted by molar-refractivity contribution is 7.89. The molecule has 0 bridgehead atoms. The van der Waals surface area contributed by atoms with E-state index >= 15 is 0 Å². The third-order valence-corrected chi connectivity index (χ3v) is 7.93. The number of hydrogen-bond acceptors (Lipinski definition) is 6. The summed E-state index contributed by atoms with van der Waals surface area (Å²) in [4.78, 5) is 16.5. The van der Waals surface area contributed by atoms with Crippen molar-refractivity contribution in [3.8, 4) is 0 Å². The lowest BCUT2D eigenvalue weighted by molar-refractivity contribution is 0.0702. The molecule has 1 saturated heterocycles. The molecular formula is C17H23N3O4S2. The average molecular weight is 398 g/mol. The summed E-state index contributed by atoms with van der Waals surface area (Å²) in [6, 6.07) is 1.95. The van der Waals surface area contributed by atoms with Gasteiger partial charge in [-0.15, -0.1) is 11.3 Å². The van der Waals surface area contributed by atoms with E-state index in [9.17, 15) is 13.2 Å². The Kier molecular flexibility index (Phi) is 5.23. The van der Waals surface area contributed by atoms with Crippen LogP contribution in [0.15, 0.2) is 15.5 Å². The van der Waals surface area contributed by atoms with E-state index in [1.54, 1.807) is 18.7 Å². The van der Waals surface area contributed by atoms with Gasteiger partial charge in [0, 0.05) is 31.1 Å². The summed E-state index contributed by atoms with van der Waals surface area (Å²) in [5, 5.41) is 3.73. The maximum absolute atomic E-state index is 12.8. The van der Waals surface area contributed by atoms with Crippen molar-refractivity contribution in [1.29, 1.82) is 0 Å². The van der Waals surface area contributed by atoms with E-state index in [-0.39, 0.29) is 23.9 Å². The van der Waals surface area contributed by atoms with Crippen molar-refractivity contribution in [1.82, 2.24) is 14.4 Å². The lowest BCUT2D eigenvalue weighted by Gasteiger charge is -2.33. The van der Waals surface area contributed by atoms with Crippen molar-refractivity contribution >= 4 is 27.3 Å². The normalized spacial score (nSPS) is 16.2. The van der Waals surface area contributed by atoms with Crippen molar-refractivity contribution in [2.45, 2.75) is 39.0 Å². The van der Waals surface area contributed by atoms with Crippen LogP contribution in [0.3, 0.4) is 0 Å². The van der Waals surface area contributed by atoms with Crippen LogP contribution in [0, 0.1) is 20.8 Å². The Morgan fingerprint density at radius 1 is 1.23 bits per heavy atom. The molecule has 7 nitrogen and oxygen atoms in total. The van der Waals surface area contributed by atoms with Crippen molar-refractivity contribution in [3.63, 3.8) is 0 Å². The van der Waals surface area contributed by atoms with E-state index in [1.807, 2.05) is 13.0 Å². The highest BCUT2D eigenvalue weighted by atomic mass is 32.2. The molecular weight excluding hydrogens is 374 g/mol. The van der Waals surface area contributed by atoms with E-state index in [0.29, 0.717) is 24.5 Å². The van der Waals surface area contributed by atoms with Crippen LogP contribution in [0.5, 0.6) is 0 Å². The van der Waals surface area contributed by atoms with Gasteiger partial charge in [-0.2, -0.15) is 4.31 Å². The van der Waals surface area contributed by atoms with Crippen LogP contribution >= 0.6 is 11.3 Å². The van der Waals surface area contributed by atoms with Gasteiger partial charge in [0.1, 0.15) is 10.6 Å². The predicted molar refractivity (Wildman–Crippen MR) is 99.1 cm³/mol. The smallest absolute Gasteiger partial charge is 0.264 e. The van der Waals surface area contributed by atoms with Gasteiger partial charge in [0.2, 0.25) is 10.0 Å². The number of piperazine rings is 1. The van der Waals surface area contributed by atoms with Gasteiger partial charge in [0.25, 0.3) is 5.91 Å². The molecule has 3 heterocycles. The zero-order valence-electron chi connectivity index (χ0n) is 15.4. The van der Waals surface area contributed by atoms with Crippen molar-refractivity contribution in [2.24, 2.45) is 0 Å². The van der Waals surface area contributed by atoms with Gasteiger partial charge in [-0.05, 0) is 38.8 Å². The lowest BCUT2D eigenvalue weighted by atomic mass is 10.2. The minimum atomic E-state index is -3.66. The number of rotatable bonds is 4. The first-order chi connectivity index (χ1) is 12.3. The first kappa shape index (κ1) is 19.1. The number of aromatic nitrogens is 1. The molecule has 0 unspecified atom stereocenters. The van der Waals surface area contributed by atoms with Gasteiger partial charge < -0.3 is 9.42 Å². The molecule has 1 amide bonds. The molecule has 0 aliphatic carbocycles. The number of thiophene rings is 1. The average Bonchev–Trinajstić information content (AvgIpc) is 3.16. The Hall–Kier alpha value is -1.71. The van der Waals surface area contributed by atoms with Crippen LogP contribution in [-0.2, 0) is 16.4 Å². The van der Waals surface area contributed by atoms with E-state index < -0.39 is 10.0 Å². The third kappa shape index (κ3) is 3.30. The third-order valence-electron chi connectivity index (χ3n) is 4.70. The summed E-state index contributed by atoms with van der Waals surface area (Å²) in [6.07, 6.45) is 0.902. The van der Waals surface area contributed by atoms with Gasteiger partial charge in [0.05, 0.1) is 4.88 Å². The molecule has 0 N–H and O–H groups in total. The van der Waals surface area contributed by atoms with E-state index in [1.165, 1.54) is 21.2 Å². The predicted octanol–water partition coefficient (Wildman–Crippen LogP) is 2.37. The first-order valence-corrected chi connectivity index (χ1v) is 10.8. The molecule has 3 rings (SSSR count). The fraction of sp³-hybridized carbons (Fsp3) is 0.529. The molecule has 26 heavy (non-hydrogen) atoms. The topological polar surface area (TPSA) is 83.7 Å². The molecule has 0 atom stereocenters. The number of sulfonamides is 1. The SMILES string of the molecule is CCc1cc(C(=O)N2CCN(S(=O)(=O)c3c(C)noc3C)CC2)sc1C. The second-order valence-corrected chi connectivity index (χ2v) is 9.53. The summed E-state index contributed by atoms with van der Waals surface area (Å²) in [7, 11) is -3.66. The second-order valence-electron chi connectivity index (χ2n) is 6.40. The molecule has 1 fully saturated rings. The van der Waals surface area contributed by atoms with Crippen molar-refractivity contribution < 1.29 is 17.7 Å². The van der Waals surface area contributed by atoms with Gasteiger partial charge in [-0.25, -0.2) is 8.42 Å². The van der Waals surface area contributed by atoms with E-state index in [0.717, 1.165) is 16.2 Å². The van der Waals surface area contributed by atoms with Crippen LogP contribution < -0.4 is 0 Å². The first-order valence-electron chi connectivity index (χ1n) is 8.57. The number of aryl methyl sites for hydroxylation is 4. The van der Waals surface area contributed by atoms with Crippen LogP contribution in [0.2, 0.25) is 0 Å². The van der Waals surface area contributed by atoms with Crippen LogP contribution in [-0.4, -0.2) is 54.9 Å². The van der Waals surface area contributed by atoms with Gasteiger partial charge in [-0.1, -0.05) is 12.1 Å². The zero-order valence-corrected chi connectivity index (χ0v) is 17.0. The standard InChI is InChI=1S/C17H23N3O4S2/c1-5-14-10-15(25-13(14)4)17(21)19-6-8-20(9-7-19)26(22,23)16-11(2)18-24-12(16)3/h10H,5-9H2,1-4H3. The Morgan fingerprint density at radius 3 is 2.38 bits per heavy atom. The molecule has 0 radical (unpaired) electrons. The van der Waals surface area contributed by atoms with E-state index in [4.69, 9.17) is 4.52 Å². The summed E-state index contributed by atoms with van der Waals surface area (Å²) in [6.45, 7) is 8.59. The van der Waals surface area contributed by atoms with Crippen molar-refractivity contribution in [2.75, 3.05) is 26.2 Å². The molecule has 1 aliphatic heterocycles. The number of carbonyl (C=O) groups excluding carboxylic acids is 1. The number of carbonyl (C=O) groups is 1. The lowest BCUT2D eigenvalue weighted by Crippen LogP contribution is -2.50. The number of hydrogen-bond donors (Lipinski definition) is 0. The highest BCUT2D eigenvalue weighted by Crippen LogP contribution is 2.26. The molecule has 1 aliphatic rings. The fourth-order valence-corrected chi connectivity index (χ4v) is 6.03. The maximum atomic E-state index is 12.8. The minimum absolute atomic E-state index is 0.0211. The monoisotopic (exact) mass is 397 g/mol. The van der Waals surface area contributed by atoms with Crippen LogP contribution in [0.4, 0.5) is 0 Å². The van der Waals surface area contributed by atoms with Gasteiger partial charge >= 0.3 is 0 Å². The minimum Gasteiger partial charge on any atom is -0.360 e.